The molecule has 0 spiro atoms. The molecule has 0 bridgehead atoms. The van der Waals surface area contributed by atoms with Gasteiger partial charge in [0.1, 0.15) is 5.82 Å². The summed E-state index contributed by atoms with van der Waals surface area (Å²) < 4.78 is 1.11. The lowest BCUT2D eigenvalue weighted by Crippen LogP contribution is -2.38. The molecule has 2 heterocycles. The van der Waals surface area contributed by atoms with Gasteiger partial charge in [0.2, 0.25) is 0 Å². The first kappa shape index (κ1) is 17.8. The zero-order chi connectivity index (χ0) is 17.6. The smallest absolute Gasteiger partial charge is 0.271 e. The fourth-order valence-corrected chi connectivity index (χ4v) is 3.22. The molecule has 25 heavy (non-hydrogen) atoms. The second-order valence-electron chi connectivity index (χ2n) is 6.20. The van der Waals surface area contributed by atoms with Crippen LogP contribution in [0.15, 0.2) is 40.9 Å². The summed E-state index contributed by atoms with van der Waals surface area (Å²) in [5.74, 6) is 0.499. The van der Waals surface area contributed by atoms with E-state index in [0.29, 0.717) is 11.7 Å². The van der Waals surface area contributed by atoms with Crippen molar-refractivity contribution < 1.29 is 4.79 Å². The molecule has 2 N–H and O–H groups in total. The molecule has 132 valence electrons. The predicted molar refractivity (Wildman–Crippen MR) is 101 cm³/mol. The topological polar surface area (TPSA) is 70.2 Å². The van der Waals surface area contributed by atoms with Crippen LogP contribution in [0.2, 0.25) is 0 Å². The third-order valence-corrected chi connectivity index (χ3v) is 4.91. The zero-order valence-electron chi connectivity index (χ0n) is 14.2. The van der Waals surface area contributed by atoms with Crippen LogP contribution in [0.5, 0.6) is 0 Å². The number of amides is 1. The van der Waals surface area contributed by atoms with Gasteiger partial charge in [-0.05, 0) is 42.7 Å². The minimum atomic E-state index is -0.222. The number of hydrogen-bond acceptors (Lipinski definition) is 5. The maximum Gasteiger partial charge on any atom is 0.271 e. The van der Waals surface area contributed by atoms with Crippen LogP contribution in [0.3, 0.4) is 0 Å². The largest absolute Gasteiger partial charge is 0.366 e. The van der Waals surface area contributed by atoms with Crippen molar-refractivity contribution in [2.75, 3.05) is 25.5 Å². The van der Waals surface area contributed by atoms with Gasteiger partial charge in [0.25, 0.3) is 5.91 Å². The van der Waals surface area contributed by atoms with Crippen molar-refractivity contribution in [2.24, 2.45) is 0 Å². The molecule has 1 aromatic heterocycles. The number of piperidine rings is 1. The Bertz CT molecular complexity index is 696. The number of halogens is 1. The Kier molecular flexibility index (Phi) is 5.99. The summed E-state index contributed by atoms with van der Waals surface area (Å²) in [5.41, 5.74) is 1.67. The van der Waals surface area contributed by atoms with Crippen LogP contribution in [-0.4, -0.2) is 47.2 Å². The van der Waals surface area contributed by atoms with E-state index in [1.165, 1.54) is 5.56 Å². The van der Waals surface area contributed by atoms with Gasteiger partial charge >= 0.3 is 0 Å². The van der Waals surface area contributed by atoms with Gasteiger partial charge in [-0.3, -0.25) is 9.69 Å². The van der Waals surface area contributed by atoms with Gasteiger partial charge in [0.05, 0.1) is 0 Å². The molecule has 1 saturated heterocycles. The number of rotatable bonds is 5. The van der Waals surface area contributed by atoms with Crippen molar-refractivity contribution in [3.8, 4) is 0 Å². The van der Waals surface area contributed by atoms with E-state index in [1.807, 2.05) is 6.07 Å². The van der Waals surface area contributed by atoms with Gasteiger partial charge < -0.3 is 10.6 Å². The van der Waals surface area contributed by atoms with Crippen molar-refractivity contribution >= 4 is 27.7 Å². The SMILES string of the molecule is CNC(=O)c1ccc(NC2CCN(Cc3ccc(Br)cc3)CC2)nn1. The first-order chi connectivity index (χ1) is 12.1. The lowest BCUT2D eigenvalue weighted by molar-refractivity contribution is 0.0957. The van der Waals surface area contributed by atoms with Gasteiger partial charge in [0, 0.05) is 37.2 Å². The molecule has 0 radical (unpaired) electrons. The van der Waals surface area contributed by atoms with Crippen LogP contribution in [0.4, 0.5) is 5.82 Å². The summed E-state index contributed by atoms with van der Waals surface area (Å²) in [7, 11) is 1.58. The zero-order valence-corrected chi connectivity index (χ0v) is 15.8. The number of anilines is 1. The maximum absolute atomic E-state index is 11.5. The number of carbonyl (C=O) groups excluding carboxylic acids is 1. The molecular weight excluding hydrogens is 382 g/mol. The van der Waals surface area contributed by atoms with Gasteiger partial charge in [-0.25, -0.2) is 0 Å². The van der Waals surface area contributed by atoms with Gasteiger partial charge in [0.15, 0.2) is 5.69 Å². The highest BCUT2D eigenvalue weighted by Crippen LogP contribution is 2.18. The second-order valence-corrected chi connectivity index (χ2v) is 7.12. The minimum Gasteiger partial charge on any atom is -0.366 e. The standard InChI is InChI=1S/C18H22BrN5O/c1-20-18(25)16-6-7-17(23-22-16)21-15-8-10-24(11-9-15)12-13-2-4-14(19)5-3-13/h2-7,15H,8-12H2,1H3,(H,20,25)(H,21,23). The predicted octanol–water partition coefficient (Wildman–Crippen LogP) is 2.68. The summed E-state index contributed by atoms with van der Waals surface area (Å²) in [6.07, 6.45) is 2.13. The average Bonchev–Trinajstić information content (AvgIpc) is 2.65. The van der Waals surface area contributed by atoms with Crippen LogP contribution in [0.25, 0.3) is 0 Å². The van der Waals surface area contributed by atoms with Crippen molar-refractivity contribution in [1.82, 2.24) is 20.4 Å². The molecule has 3 rings (SSSR count). The Morgan fingerprint density at radius 3 is 2.48 bits per heavy atom. The molecule has 1 aliphatic rings. The Morgan fingerprint density at radius 1 is 1.16 bits per heavy atom. The molecule has 1 fully saturated rings. The molecule has 7 heteroatoms. The fourth-order valence-electron chi connectivity index (χ4n) is 2.95. The van der Waals surface area contributed by atoms with E-state index in [2.05, 4.69) is 65.9 Å². The molecule has 1 aromatic carbocycles. The molecular formula is C18H22BrN5O. The Hall–Kier alpha value is -1.99. The number of aromatic nitrogens is 2. The van der Waals surface area contributed by atoms with Gasteiger partial charge in [-0.2, -0.15) is 0 Å². The van der Waals surface area contributed by atoms with Crippen molar-refractivity contribution in [3.05, 3.63) is 52.1 Å². The number of nitrogens with one attached hydrogen (secondary N) is 2. The van der Waals surface area contributed by atoms with Crippen molar-refractivity contribution in [2.45, 2.75) is 25.4 Å². The molecule has 0 atom stereocenters. The molecule has 0 saturated carbocycles. The first-order valence-corrected chi connectivity index (χ1v) is 9.22. The van der Waals surface area contributed by atoms with E-state index in [9.17, 15) is 4.79 Å². The van der Waals surface area contributed by atoms with Crippen LogP contribution in [0, 0.1) is 0 Å². The number of benzene rings is 1. The van der Waals surface area contributed by atoms with Crippen LogP contribution < -0.4 is 10.6 Å². The quantitative estimate of drug-likeness (QED) is 0.802. The highest BCUT2D eigenvalue weighted by molar-refractivity contribution is 9.10. The summed E-state index contributed by atoms with van der Waals surface area (Å²) in [6, 6.07) is 12.4. The lowest BCUT2D eigenvalue weighted by Gasteiger charge is -2.32. The fraction of sp³-hybridized carbons (Fsp3) is 0.389. The van der Waals surface area contributed by atoms with Crippen molar-refractivity contribution in [1.29, 1.82) is 0 Å². The summed E-state index contributed by atoms with van der Waals surface area (Å²) in [5, 5.41) is 14.0. The van der Waals surface area contributed by atoms with E-state index in [1.54, 1.807) is 13.1 Å². The normalized spacial score (nSPS) is 15.8. The highest BCUT2D eigenvalue weighted by atomic mass is 79.9. The van der Waals surface area contributed by atoms with E-state index in [0.717, 1.165) is 42.8 Å². The Balaban J connectivity index is 1.47. The van der Waals surface area contributed by atoms with Gasteiger partial charge in [-0.15, -0.1) is 10.2 Å². The van der Waals surface area contributed by atoms with E-state index >= 15 is 0 Å². The van der Waals surface area contributed by atoms with E-state index in [4.69, 9.17) is 0 Å². The minimum absolute atomic E-state index is 0.222. The van der Waals surface area contributed by atoms with Crippen molar-refractivity contribution in [3.63, 3.8) is 0 Å². The Morgan fingerprint density at radius 2 is 1.88 bits per heavy atom. The van der Waals surface area contributed by atoms with Crippen LogP contribution in [-0.2, 0) is 6.54 Å². The lowest BCUT2D eigenvalue weighted by atomic mass is 10.0. The summed E-state index contributed by atoms with van der Waals surface area (Å²) in [4.78, 5) is 14.0. The third kappa shape index (κ3) is 4.99. The van der Waals surface area contributed by atoms with Crippen LogP contribution >= 0.6 is 15.9 Å². The average molecular weight is 404 g/mol. The van der Waals surface area contributed by atoms with Crippen LogP contribution in [0.1, 0.15) is 28.9 Å². The third-order valence-electron chi connectivity index (χ3n) is 4.38. The molecule has 1 aliphatic heterocycles. The van der Waals surface area contributed by atoms with E-state index < -0.39 is 0 Å². The Labute approximate surface area is 156 Å². The second kappa shape index (κ2) is 8.40. The number of likely N-dealkylation sites (tertiary alicyclic amines) is 1. The number of hydrogen-bond donors (Lipinski definition) is 2. The monoisotopic (exact) mass is 403 g/mol. The molecule has 2 aromatic rings. The summed E-state index contributed by atoms with van der Waals surface area (Å²) >= 11 is 3.47. The number of carbonyl (C=O) groups is 1. The molecule has 0 aliphatic carbocycles. The highest BCUT2D eigenvalue weighted by Gasteiger charge is 2.19. The van der Waals surface area contributed by atoms with Gasteiger partial charge in [-0.1, -0.05) is 28.1 Å². The molecule has 1 amide bonds. The maximum atomic E-state index is 11.5. The molecule has 6 nitrogen and oxygen atoms in total. The number of nitrogens with zero attached hydrogens (tertiary/aromatic N) is 3. The summed E-state index contributed by atoms with van der Waals surface area (Å²) in [6.45, 7) is 3.09. The van der Waals surface area contributed by atoms with E-state index in [-0.39, 0.29) is 5.91 Å². The molecule has 0 unspecified atom stereocenters. The first-order valence-electron chi connectivity index (χ1n) is 8.43.